The van der Waals surface area contributed by atoms with E-state index in [-0.39, 0.29) is 5.41 Å². The minimum absolute atomic E-state index is 0.0636. The molecule has 0 radical (unpaired) electrons. The zero-order valence-electron chi connectivity index (χ0n) is 11.1. The monoisotopic (exact) mass is 240 g/mol. The first-order chi connectivity index (χ1) is 8.69. The fraction of sp³-hybridized carbons (Fsp3) is 0.375. The molecule has 1 heterocycles. The second-order valence-corrected chi connectivity index (χ2v) is 4.96. The van der Waals surface area contributed by atoms with E-state index in [0.29, 0.717) is 5.92 Å². The molecule has 2 heteroatoms. The first-order valence-corrected chi connectivity index (χ1v) is 6.49. The Kier molecular flexibility index (Phi) is 3.75. The van der Waals surface area contributed by atoms with E-state index in [1.165, 1.54) is 0 Å². The molecule has 0 spiro atoms. The van der Waals surface area contributed by atoms with Gasteiger partial charge in [-0.2, -0.15) is 0 Å². The van der Waals surface area contributed by atoms with Crippen molar-refractivity contribution in [2.24, 2.45) is 0 Å². The maximum absolute atomic E-state index is 4.42. The molecule has 1 aromatic rings. The highest BCUT2D eigenvalue weighted by molar-refractivity contribution is 5.29. The Labute approximate surface area is 109 Å². The second kappa shape index (κ2) is 5.30. The molecule has 0 fully saturated rings. The molecule has 94 valence electrons. The highest BCUT2D eigenvalue weighted by Crippen LogP contribution is 2.30. The Hall–Kier alpha value is -1.70. The normalized spacial score (nSPS) is 21.6. The van der Waals surface area contributed by atoms with Crippen LogP contribution >= 0.6 is 0 Å². The van der Waals surface area contributed by atoms with Crippen molar-refractivity contribution < 1.29 is 0 Å². The Bertz CT molecular complexity index is 488. The van der Waals surface area contributed by atoms with E-state index in [9.17, 15) is 0 Å². The van der Waals surface area contributed by atoms with Gasteiger partial charge in [-0.05, 0) is 18.9 Å². The van der Waals surface area contributed by atoms with Crippen LogP contribution < -0.4 is 0 Å². The Morgan fingerprint density at radius 3 is 2.89 bits per heavy atom. The van der Waals surface area contributed by atoms with Gasteiger partial charge in [0.2, 0.25) is 0 Å². The van der Waals surface area contributed by atoms with Gasteiger partial charge in [0, 0.05) is 11.3 Å². The van der Waals surface area contributed by atoms with Crippen molar-refractivity contribution in [3.05, 3.63) is 60.7 Å². The first-order valence-electron chi connectivity index (χ1n) is 6.49. The van der Waals surface area contributed by atoms with Crippen LogP contribution in [-0.4, -0.2) is 9.97 Å². The maximum Gasteiger partial charge on any atom is 0.115 e. The Morgan fingerprint density at radius 1 is 1.44 bits per heavy atom. The fourth-order valence-electron chi connectivity index (χ4n) is 2.12. The Morgan fingerprint density at radius 2 is 2.28 bits per heavy atom. The number of hydrogen-bond donors (Lipinski definition) is 0. The van der Waals surface area contributed by atoms with Gasteiger partial charge in [-0.15, -0.1) is 6.58 Å². The van der Waals surface area contributed by atoms with Gasteiger partial charge in [-0.3, -0.25) is 0 Å². The summed E-state index contributed by atoms with van der Waals surface area (Å²) < 4.78 is 0. The molecular formula is C16H20N2. The fourth-order valence-corrected chi connectivity index (χ4v) is 2.12. The van der Waals surface area contributed by atoms with Crippen molar-refractivity contribution in [3.8, 4) is 0 Å². The van der Waals surface area contributed by atoms with E-state index >= 15 is 0 Å². The topological polar surface area (TPSA) is 25.8 Å². The van der Waals surface area contributed by atoms with Gasteiger partial charge in [0.25, 0.3) is 0 Å². The van der Waals surface area contributed by atoms with Crippen molar-refractivity contribution >= 4 is 0 Å². The van der Waals surface area contributed by atoms with Crippen LogP contribution in [0, 0.1) is 0 Å². The standard InChI is InChI=1S/C16H20N2/c1-4-16(3,5-2)15-11-14(17-12-18-15)13-9-7-6-8-10-13/h4,6-9,11-13H,1,5,10H2,2-3H3. The van der Waals surface area contributed by atoms with E-state index in [1.807, 2.05) is 6.08 Å². The molecule has 0 aromatic carbocycles. The molecule has 1 aromatic heterocycles. The summed E-state index contributed by atoms with van der Waals surface area (Å²) in [7, 11) is 0. The van der Waals surface area contributed by atoms with Gasteiger partial charge in [-0.25, -0.2) is 9.97 Å². The SMILES string of the molecule is C=CC(C)(CC)c1cc(C2C=CC=CC2)ncn1. The molecule has 0 N–H and O–H groups in total. The molecular weight excluding hydrogens is 220 g/mol. The lowest BCUT2D eigenvalue weighted by molar-refractivity contribution is 0.550. The number of rotatable bonds is 4. The third kappa shape index (κ3) is 2.42. The first kappa shape index (κ1) is 12.7. The predicted octanol–water partition coefficient (Wildman–Crippen LogP) is 3.93. The van der Waals surface area contributed by atoms with Crippen LogP contribution in [0.5, 0.6) is 0 Å². The molecule has 2 atom stereocenters. The molecule has 0 bridgehead atoms. The van der Waals surface area contributed by atoms with E-state index in [0.717, 1.165) is 24.2 Å². The van der Waals surface area contributed by atoms with Crippen molar-refractivity contribution in [2.45, 2.75) is 38.0 Å². The van der Waals surface area contributed by atoms with E-state index in [1.54, 1.807) is 6.33 Å². The summed E-state index contributed by atoms with van der Waals surface area (Å²) >= 11 is 0. The quantitative estimate of drug-likeness (QED) is 0.745. The van der Waals surface area contributed by atoms with Gasteiger partial charge in [-0.1, -0.05) is 44.2 Å². The summed E-state index contributed by atoms with van der Waals surface area (Å²) in [6.45, 7) is 8.27. The lowest BCUT2D eigenvalue weighted by Gasteiger charge is -2.24. The zero-order valence-corrected chi connectivity index (χ0v) is 11.1. The van der Waals surface area contributed by atoms with Crippen molar-refractivity contribution in [2.75, 3.05) is 0 Å². The number of nitrogens with zero attached hydrogens (tertiary/aromatic N) is 2. The summed E-state index contributed by atoms with van der Waals surface area (Å²) in [5, 5.41) is 0. The summed E-state index contributed by atoms with van der Waals surface area (Å²) in [5.74, 6) is 0.377. The smallest absolute Gasteiger partial charge is 0.115 e. The van der Waals surface area contributed by atoms with Crippen LogP contribution in [0.25, 0.3) is 0 Å². The highest BCUT2D eigenvalue weighted by atomic mass is 14.8. The lowest BCUT2D eigenvalue weighted by Crippen LogP contribution is -2.20. The van der Waals surface area contributed by atoms with E-state index < -0.39 is 0 Å². The second-order valence-electron chi connectivity index (χ2n) is 4.96. The van der Waals surface area contributed by atoms with Crippen LogP contribution in [0.15, 0.2) is 49.4 Å². The minimum atomic E-state index is -0.0636. The summed E-state index contributed by atoms with van der Waals surface area (Å²) in [4.78, 5) is 8.84. The average Bonchev–Trinajstić information content (AvgIpc) is 2.47. The number of allylic oxidation sites excluding steroid dienone is 5. The molecule has 0 saturated heterocycles. The molecule has 0 saturated carbocycles. The zero-order chi connectivity index (χ0) is 13.0. The van der Waals surface area contributed by atoms with Gasteiger partial charge >= 0.3 is 0 Å². The average molecular weight is 240 g/mol. The van der Waals surface area contributed by atoms with Crippen molar-refractivity contribution in [1.29, 1.82) is 0 Å². The molecule has 2 nitrogen and oxygen atoms in total. The third-order valence-corrected chi connectivity index (χ3v) is 3.82. The summed E-state index contributed by atoms with van der Waals surface area (Å²) in [5.41, 5.74) is 2.10. The van der Waals surface area contributed by atoms with Gasteiger partial charge in [0.1, 0.15) is 6.33 Å². The number of aromatic nitrogens is 2. The highest BCUT2D eigenvalue weighted by Gasteiger charge is 2.23. The van der Waals surface area contributed by atoms with Crippen molar-refractivity contribution in [3.63, 3.8) is 0 Å². The van der Waals surface area contributed by atoms with Crippen molar-refractivity contribution in [1.82, 2.24) is 9.97 Å². The predicted molar refractivity (Wildman–Crippen MR) is 75.5 cm³/mol. The molecule has 1 aliphatic carbocycles. The Balaban J connectivity index is 2.33. The lowest BCUT2D eigenvalue weighted by atomic mass is 9.83. The van der Waals surface area contributed by atoms with Gasteiger partial charge in [0.05, 0.1) is 11.4 Å². The third-order valence-electron chi connectivity index (χ3n) is 3.82. The maximum atomic E-state index is 4.42. The van der Waals surface area contributed by atoms with E-state index in [2.05, 4.69) is 60.8 Å². The van der Waals surface area contributed by atoms with Crippen LogP contribution in [0.1, 0.15) is 44.0 Å². The van der Waals surface area contributed by atoms with Gasteiger partial charge in [0.15, 0.2) is 0 Å². The summed E-state index contributed by atoms with van der Waals surface area (Å²) in [6, 6.07) is 2.12. The van der Waals surface area contributed by atoms with Crippen LogP contribution in [0.3, 0.4) is 0 Å². The molecule has 0 aliphatic heterocycles. The summed E-state index contributed by atoms with van der Waals surface area (Å²) in [6.07, 6.45) is 14.2. The largest absolute Gasteiger partial charge is 0.241 e. The van der Waals surface area contributed by atoms with Crippen LogP contribution in [0.2, 0.25) is 0 Å². The molecule has 2 unspecified atom stereocenters. The van der Waals surface area contributed by atoms with Gasteiger partial charge < -0.3 is 0 Å². The van der Waals surface area contributed by atoms with E-state index in [4.69, 9.17) is 0 Å². The molecule has 2 rings (SSSR count). The molecule has 1 aliphatic rings. The van der Waals surface area contributed by atoms with Crippen LogP contribution in [0.4, 0.5) is 0 Å². The minimum Gasteiger partial charge on any atom is -0.241 e. The van der Waals surface area contributed by atoms with Crippen LogP contribution in [-0.2, 0) is 5.41 Å². The molecule has 0 amide bonds. The number of hydrogen-bond acceptors (Lipinski definition) is 2. The molecule has 18 heavy (non-hydrogen) atoms.